The van der Waals surface area contributed by atoms with Gasteiger partial charge >= 0.3 is 5.97 Å². The lowest BCUT2D eigenvalue weighted by Crippen LogP contribution is -2.45. The molecule has 2 aliphatic carbocycles. The van der Waals surface area contributed by atoms with E-state index in [2.05, 4.69) is 28.1 Å². The minimum atomic E-state index is -0.985. The predicted octanol–water partition coefficient (Wildman–Crippen LogP) is 7.11. The number of aryl methyl sites for hydroxylation is 1. The van der Waals surface area contributed by atoms with Gasteiger partial charge in [-0.1, -0.05) is 63.6 Å². The second-order valence-electron chi connectivity index (χ2n) is 13.0. The number of nitrogens with zero attached hydrogens (tertiary/aromatic N) is 1. The van der Waals surface area contributed by atoms with Crippen molar-refractivity contribution in [1.29, 1.82) is 0 Å². The highest BCUT2D eigenvalue weighted by atomic mass is 79.9. The Labute approximate surface area is 244 Å². The summed E-state index contributed by atoms with van der Waals surface area (Å²) in [4.78, 5) is 41.4. The van der Waals surface area contributed by atoms with Gasteiger partial charge in [-0.3, -0.25) is 14.4 Å². The first-order chi connectivity index (χ1) is 18.7. The van der Waals surface area contributed by atoms with Gasteiger partial charge in [0.25, 0.3) is 0 Å². The van der Waals surface area contributed by atoms with Crippen molar-refractivity contribution in [3.8, 4) is 5.75 Å². The van der Waals surface area contributed by atoms with E-state index in [1.807, 2.05) is 65.0 Å². The third kappa shape index (κ3) is 5.53. The Kier molecular flexibility index (Phi) is 7.32. The summed E-state index contributed by atoms with van der Waals surface area (Å²) in [5, 5.41) is 9.86. The first kappa shape index (κ1) is 28.3. The van der Waals surface area contributed by atoms with E-state index in [0.29, 0.717) is 49.2 Å². The summed E-state index contributed by atoms with van der Waals surface area (Å²) in [5.74, 6) is -0.895. The molecule has 0 aromatic heterocycles. The van der Waals surface area contributed by atoms with Crippen LogP contribution in [0.2, 0.25) is 0 Å². The fourth-order valence-corrected chi connectivity index (χ4v) is 6.88. The van der Waals surface area contributed by atoms with Crippen LogP contribution in [0.25, 0.3) is 0 Å². The monoisotopic (exact) mass is 605 g/mol. The highest BCUT2D eigenvalue weighted by Crippen LogP contribution is 2.54. The molecule has 0 saturated heterocycles. The number of rotatable bonds is 6. The molecular formula is C33H36BrNO5. The maximum atomic E-state index is 13.8. The molecule has 1 N–H and O–H groups in total. The van der Waals surface area contributed by atoms with Crippen molar-refractivity contribution in [2.75, 3.05) is 6.54 Å². The van der Waals surface area contributed by atoms with E-state index in [4.69, 9.17) is 4.74 Å². The molecule has 0 spiro atoms. The summed E-state index contributed by atoms with van der Waals surface area (Å²) in [6.07, 6.45) is 1.85. The zero-order valence-electron chi connectivity index (χ0n) is 23.8. The highest BCUT2D eigenvalue weighted by Gasteiger charge is 2.49. The number of carboxylic acids is 1. The lowest BCUT2D eigenvalue weighted by atomic mass is 9.63. The van der Waals surface area contributed by atoms with Gasteiger partial charge in [0.2, 0.25) is 0 Å². The first-order valence-electron chi connectivity index (χ1n) is 13.7. The van der Waals surface area contributed by atoms with E-state index in [-0.39, 0.29) is 28.9 Å². The van der Waals surface area contributed by atoms with Gasteiger partial charge in [-0.15, -0.1) is 0 Å². The zero-order chi connectivity index (χ0) is 29.0. The second kappa shape index (κ2) is 10.3. The van der Waals surface area contributed by atoms with Gasteiger partial charge in [-0.05, 0) is 69.8 Å². The number of aliphatic carboxylic acids is 1. The van der Waals surface area contributed by atoms with E-state index in [0.717, 1.165) is 27.0 Å². The molecule has 3 aliphatic rings. The predicted molar refractivity (Wildman–Crippen MR) is 157 cm³/mol. The summed E-state index contributed by atoms with van der Waals surface area (Å²) in [6, 6.07) is 13.9. The van der Waals surface area contributed by atoms with Crippen LogP contribution in [0.3, 0.4) is 0 Å². The van der Waals surface area contributed by atoms with Crippen LogP contribution in [-0.4, -0.2) is 34.1 Å². The Morgan fingerprint density at radius 2 is 1.48 bits per heavy atom. The van der Waals surface area contributed by atoms with Gasteiger partial charge < -0.3 is 14.7 Å². The number of carbonyl (C=O) groups is 3. The van der Waals surface area contributed by atoms with Gasteiger partial charge in [0.05, 0.1) is 4.47 Å². The quantitative estimate of drug-likeness (QED) is 0.378. The number of ketones is 2. The van der Waals surface area contributed by atoms with E-state index >= 15 is 0 Å². The SMILES string of the molecule is Cc1ccc(COc2ccc(C3C4=C(CC(C)(C)CC4=O)N(CC(=O)O)C4=C3C(=O)CC(C)(C)C4)cc2Br)cc1. The van der Waals surface area contributed by atoms with E-state index in [1.54, 1.807) is 4.90 Å². The van der Waals surface area contributed by atoms with Crippen molar-refractivity contribution in [2.24, 2.45) is 10.8 Å². The van der Waals surface area contributed by atoms with Crippen LogP contribution in [-0.2, 0) is 21.0 Å². The van der Waals surface area contributed by atoms with Crippen LogP contribution >= 0.6 is 15.9 Å². The Hall–Kier alpha value is -3.19. The topological polar surface area (TPSA) is 83.9 Å². The molecule has 210 valence electrons. The average molecular weight is 607 g/mol. The smallest absolute Gasteiger partial charge is 0.323 e. The van der Waals surface area contributed by atoms with Crippen LogP contribution in [0.4, 0.5) is 0 Å². The molecule has 5 rings (SSSR count). The summed E-state index contributed by atoms with van der Waals surface area (Å²) >= 11 is 3.67. The molecule has 0 saturated carbocycles. The number of carbonyl (C=O) groups excluding carboxylic acids is 2. The summed E-state index contributed by atoms with van der Waals surface area (Å²) in [6.45, 7) is 10.4. The lowest BCUT2D eigenvalue weighted by molar-refractivity contribution is -0.138. The Bertz CT molecular complexity index is 1410. The van der Waals surface area contributed by atoms with Crippen molar-refractivity contribution in [3.63, 3.8) is 0 Å². The molecule has 1 heterocycles. The molecule has 0 amide bonds. The Morgan fingerprint density at radius 1 is 0.925 bits per heavy atom. The van der Waals surface area contributed by atoms with E-state index in [1.165, 1.54) is 5.56 Å². The minimum Gasteiger partial charge on any atom is -0.488 e. The fourth-order valence-electron chi connectivity index (χ4n) is 6.37. The van der Waals surface area contributed by atoms with Gasteiger partial charge in [-0.2, -0.15) is 0 Å². The average Bonchev–Trinajstić information content (AvgIpc) is 2.83. The molecule has 6 nitrogen and oxygen atoms in total. The van der Waals surface area contributed by atoms with E-state index < -0.39 is 11.9 Å². The summed E-state index contributed by atoms with van der Waals surface area (Å²) < 4.78 is 6.84. The normalized spacial score (nSPS) is 20.4. The molecule has 2 aromatic rings. The molecule has 0 radical (unpaired) electrons. The van der Waals surface area contributed by atoms with Crippen molar-refractivity contribution >= 4 is 33.5 Å². The maximum absolute atomic E-state index is 13.8. The van der Waals surface area contributed by atoms with Gasteiger partial charge in [0.15, 0.2) is 11.6 Å². The third-order valence-corrected chi connectivity index (χ3v) is 8.74. The lowest BCUT2D eigenvalue weighted by Gasteiger charge is -2.48. The van der Waals surface area contributed by atoms with Gasteiger partial charge in [-0.25, -0.2) is 0 Å². The number of allylic oxidation sites excluding steroid dienone is 4. The third-order valence-electron chi connectivity index (χ3n) is 8.12. The number of benzene rings is 2. The van der Waals surface area contributed by atoms with Gasteiger partial charge in [0.1, 0.15) is 18.9 Å². The number of carboxylic acid groups (broad SMARTS) is 1. The number of hydrogen-bond acceptors (Lipinski definition) is 5. The van der Waals surface area contributed by atoms with Crippen molar-refractivity contribution in [3.05, 3.63) is 86.2 Å². The molecule has 0 atom stereocenters. The molecular weight excluding hydrogens is 570 g/mol. The number of ether oxygens (including phenoxy) is 1. The second-order valence-corrected chi connectivity index (χ2v) is 13.8. The number of hydrogen-bond donors (Lipinski definition) is 1. The van der Waals surface area contributed by atoms with E-state index in [9.17, 15) is 19.5 Å². The standard InChI is InChI=1S/C33H36BrNO5/c1-19-6-8-20(9-7-19)18-40-27-11-10-21(12-22(27)34)29-30-23(13-32(2,3)15-25(30)36)35(17-28(38)39)24-14-33(4,5)16-26(37)31(24)29/h6-12,29H,13-18H2,1-5H3,(H,38,39). The Morgan fingerprint density at radius 3 is 1.98 bits per heavy atom. The van der Waals surface area contributed by atoms with Crippen LogP contribution in [0.1, 0.15) is 76.0 Å². The van der Waals surface area contributed by atoms with Crippen LogP contribution < -0.4 is 4.74 Å². The number of halogens is 1. The zero-order valence-corrected chi connectivity index (χ0v) is 25.4. The van der Waals surface area contributed by atoms with Gasteiger partial charge in [0, 0.05) is 41.3 Å². The maximum Gasteiger partial charge on any atom is 0.323 e. The molecule has 0 unspecified atom stereocenters. The largest absolute Gasteiger partial charge is 0.488 e. The van der Waals surface area contributed by atoms with Crippen molar-refractivity contribution < 1.29 is 24.2 Å². The Balaban J connectivity index is 1.60. The first-order valence-corrected chi connectivity index (χ1v) is 14.5. The van der Waals surface area contributed by atoms with Crippen molar-refractivity contribution in [1.82, 2.24) is 4.90 Å². The summed E-state index contributed by atoms with van der Waals surface area (Å²) in [5.41, 5.74) is 5.07. The molecule has 1 aliphatic heterocycles. The summed E-state index contributed by atoms with van der Waals surface area (Å²) in [7, 11) is 0. The number of Topliss-reactive ketones (excluding diaryl/α,β-unsaturated/α-hetero) is 2. The molecule has 2 aromatic carbocycles. The van der Waals surface area contributed by atoms with Crippen LogP contribution in [0, 0.1) is 17.8 Å². The van der Waals surface area contributed by atoms with Crippen molar-refractivity contribution in [2.45, 2.75) is 72.8 Å². The van der Waals surface area contributed by atoms with Crippen LogP contribution in [0.5, 0.6) is 5.75 Å². The highest BCUT2D eigenvalue weighted by molar-refractivity contribution is 9.10. The molecule has 40 heavy (non-hydrogen) atoms. The van der Waals surface area contributed by atoms with Crippen LogP contribution in [0.15, 0.2) is 69.5 Å². The molecule has 0 bridgehead atoms. The molecule has 0 fully saturated rings. The fraction of sp³-hybridized carbons (Fsp3) is 0.424. The minimum absolute atomic E-state index is 0.0216. The molecule has 7 heteroatoms.